The number of aromatic nitrogens is 2. The van der Waals surface area contributed by atoms with E-state index in [-0.39, 0.29) is 5.56 Å². The quantitative estimate of drug-likeness (QED) is 0.658. The second-order valence-electron chi connectivity index (χ2n) is 2.80. The number of hydrogen-bond acceptors (Lipinski definition) is 3. The van der Waals surface area contributed by atoms with Crippen LogP contribution < -0.4 is 11.3 Å². The molecule has 0 aliphatic heterocycles. The van der Waals surface area contributed by atoms with E-state index in [1.54, 1.807) is 0 Å². The molecule has 1 aromatic heterocycles. The largest absolute Gasteiger partial charge is 0.326 e. The van der Waals surface area contributed by atoms with Gasteiger partial charge in [-0.25, -0.2) is 4.98 Å². The molecule has 0 aliphatic carbocycles. The van der Waals surface area contributed by atoms with Crippen LogP contribution in [0.3, 0.4) is 0 Å². The number of nitrogens with one attached hydrogen (secondary N) is 1. The Labute approximate surface area is 74.4 Å². The van der Waals surface area contributed by atoms with Crippen LogP contribution >= 0.6 is 0 Å². The van der Waals surface area contributed by atoms with Crippen molar-refractivity contribution in [1.82, 2.24) is 9.97 Å². The zero-order chi connectivity index (χ0) is 9.26. The first-order valence-corrected chi connectivity index (χ1v) is 3.97. The van der Waals surface area contributed by atoms with Gasteiger partial charge < -0.3 is 10.7 Å². The SMILES string of the molecule is NCc1ccc2[nH]c(=O)cnc2c1. The predicted octanol–water partition coefficient (Wildman–Crippen LogP) is 0.382. The van der Waals surface area contributed by atoms with Crippen molar-refractivity contribution < 1.29 is 0 Å². The minimum atomic E-state index is -0.187. The molecular formula is C9H9N3O. The molecular weight excluding hydrogens is 166 g/mol. The summed E-state index contributed by atoms with van der Waals surface area (Å²) in [5, 5.41) is 0. The summed E-state index contributed by atoms with van der Waals surface area (Å²) in [4.78, 5) is 17.6. The molecule has 2 rings (SSSR count). The molecule has 0 amide bonds. The van der Waals surface area contributed by atoms with E-state index in [1.807, 2.05) is 18.2 Å². The van der Waals surface area contributed by atoms with Gasteiger partial charge in [-0.1, -0.05) is 6.07 Å². The molecule has 66 valence electrons. The number of benzene rings is 1. The molecule has 0 bridgehead atoms. The number of nitrogens with zero attached hydrogens (tertiary/aromatic N) is 1. The van der Waals surface area contributed by atoms with Crippen molar-refractivity contribution in [1.29, 1.82) is 0 Å². The summed E-state index contributed by atoms with van der Waals surface area (Å²) in [6.07, 6.45) is 1.27. The monoisotopic (exact) mass is 175 g/mol. The summed E-state index contributed by atoms with van der Waals surface area (Å²) >= 11 is 0. The average molecular weight is 175 g/mol. The van der Waals surface area contributed by atoms with E-state index in [0.29, 0.717) is 6.54 Å². The molecule has 1 aromatic carbocycles. The number of fused-ring (bicyclic) bond motifs is 1. The van der Waals surface area contributed by atoms with Gasteiger partial charge in [-0.05, 0) is 17.7 Å². The molecule has 0 spiro atoms. The normalized spacial score (nSPS) is 10.5. The van der Waals surface area contributed by atoms with Gasteiger partial charge >= 0.3 is 0 Å². The molecule has 0 unspecified atom stereocenters. The van der Waals surface area contributed by atoms with E-state index >= 15 is 0 Å². The van der Waals surface area contributed by atoms with Crippen LogP contribution in [-0.2, 0) is 6.54 Å². The van der Waals surface area contributed by atoms with Gasteiger partial charge in [0.1, 0.15) is 0 Å². The Balaban J connectivity index is 2.73. The second kappa shape index (κ2) is 2.99. The molecule has 0 fully saturated rings. The van der Waals surface area contributed by atoms with Gasteiger partial charge in [0.15, 0.2) is 0 Å². The van der Waals surface area contributed by atoms with Gasteiger partial charge in [0.2, 0.25) is 0 Å². The lowest BCUT2D eigenvalue weighted by molar-refractivity contribution is 1.07. The first kappa shape index (κ1) is 7.94. The van der Waals surface area contributed by atoms with Crippen LogP contribution in [0.5, 0.6) is 0 Å². The summed E-state index contributed by atoms with van der Waals surface area (Å²) < 4.78 is 0. The molecule has 4 heteroatoms. The van der Waals surface area contributed by atoms with Crippen molar-refractivity contribution in [3.8, 4) is 0 Å². The lowest BCUT2D eigenvalue weighted by Gasteiger charge is -1.98. The van der Waals surface area contributed by atoms with Crippen LogP contribution in [0.15, 0.2) is 29.2 Å². The Hall–Kier alpha value is -1.68. The van der Waals surface area contributed by atoms with Gasteiger partial charge in [0, 0.05) is 6.54 Å². The number of H-pyrrole nitrogens is 1. The Morgan fingerprint density at radius 1 is 1.46 bits per heavy atom. The molecule has 3 N–H and O–H groups in total. The molecule has 1 heterocycles. The third kappa shape index (κ3) is 1.43. The lowest BCUT2D eigenvalue weighted by Crippen LogP contribution is -2.05. The predicted molar refractivity (Wildman–Crippen MR) is 50.3 cm³/mol. The van der Waals surface area contributed by atoms with Crippen molar-refractivity contribution >= 4 is 11.0 Å². The Kier molecular flexibility index (Phi) is 1.83. The van der Waals surface area contributed by atoms with E-state index in [4.69, 9.17) is 5.73 Å². The maximum atomic E-state index is 10.9. The van der Waals surface area contributed by atoms with Gasteiger partial charge in [0.05, 0.1) is 17.2 Å². The molecule has 0 atom stereocenters. The number of hydrogen-bond donors (Lipinski definition) is 2. The third-order valence-electron chi connectivity index (χ3n) is 1.88. The second-order valence-corrected chi connectivity index (χ2v) is 2.80. The van der Waals surface area contributed by atoms with Gasteiger partial charge in [0.25, 0.3) is 5.56 Å². The summed E-state index contributed by atoms with van der Waals surface area (Å²) in [5.74, 6) is 0. The molecule has 4 nitrogen and oxygen atoms in total. The van der Waals surface area contributed by atoms with Crippen LogP contribution in [0, 0.1) is 0 Å². The van der Waals surface area contributed by atoms with Crippen molar-refractivity contribution in [3.05, 3.63) is 40.3 Å². The van der Waals surface area contributed by atoms with Crippen LogP contribution in [0.2, 0.25) is 0 Å². The summed E-state index contributed by atoms with van der Waals surface area (Å²) in [6.45, 7) is 0.483. The maximum absolute atomic E-state index is 10.9. The standard InChI is InChI=1S/C9H9N3O/c10-4-6-1-2-7-8(3-6)11-5-9(13)12-7/h1-3,5H,4,10H2,(H,12,13). The molecule has 0 aliphatic rings. The van der Waals surface area contributed by atoms with Crippen LogP contribution in [0.4, 0.5) is 0 Å². The maximum Gasteiger partial charge on any atom is 0.266 e. The molecule has 0 saturated heterocycles. The van der Waals surface area contributed by atoms with Crippen molar-refractivity contribution in [3.63, 3.8) is 0 Å². The van der Waals surface area contributed by atoms with E-state index in [1.165, 1.54) is 6.20 Å². The van der Waals surface area contributed by atoms with Crippen molar-refractivity contribution in [2.24, 2.45) is 5.73 Å². The van der Waals surface area contributed by atoms with Gasteiger partial charge in [-0.15, -0.1) is 0 Å². The molecule has 0 radical (unpaired) electrons. The topological polar surface area (TPSA) is 71.8 Å². The number of rotatable bonds is 1. The zero-order valence-corrected chi connectivity index (χ0v) is 6.95. The van der Waals surface area contributed by atoms with Crippen LogP contribution in [-0.4, -0.2) is 9.97 Å². The highest BCUT2D eigenvalue weighted by molar-refractivity contribution is 5.74. The van der Waals surface area contributed by atoms with Crippen LogP contribution in [0.25, 0.3) is 11.0 Å². The Morgan fingerprint density at radius 2 is 2.31 bits per heavy atom. The van der Waals surface area contributed by atoms with E-state index in [0.717, 1.165) is 16.6 Å². The van der Waals surface area contributed by atoms with Crippen molar-refractivity contribution in [2.45, 2.75) is 6.54 Å². The van der Waals surface area contributed by atoms with E-state index in [9.17, 15) is 4.79 Å². The molecule has 13 heavy (non-hydrogen) atoms. The first-order chi connectivity index (χ1) is 6.29. The summed E-state index contributed by atoms with van der Waals surface area (Å²) in [6, 6.07) is 5.55. The summed E-state index contributed by atoms with van der Waals surface area (Å²) in [7, 11) is 0. The fourth-order valence-corrected chi connectivity index (χ4v) is 1.21. The first-order valence-electron chi connectivity index (χ1n) is 3.97. The fraction of sp³-hybridized carbons (Fsp3) is 0.111. The Morgan fingerprint density at radius 3 is 3.08 bits per heavy atom. The average Bonchev–Trinajstić information content (AvgIpc) is 2.17. The highest BCUT2D eigenvalue weighted by Crippen LogP contribution is 2.08. The highest BCUT2D eigenvalue weighted by Gasteiger charge is 1.96. The lowest BCUT2D eigenvalue weighted by atomic mass is 10.2. The van der Waals surface area contributed by atoms with Crippen molar-refractivity contribution in [2.75, 3.05) is 0 Å². The third-order valence-corrected chi connectivity index (χ3v) is 1.88. The minimum absolute atomic E-state index is 0.187. The zero-order valence-electron chi connectivity index (χ0n) is 6.95. The molecule has 0 saturated carbocycles. The van der Waals surface area contributed by atoms with Crippen LogP contribution in [0.1, 0.15) is 5.56 Å². The minimum Gasteiger partial charge on any atom is -0.326 e. The smallest absolute Gasteiger partial charge is 0.266 e. The van der Waals surface area contributed by atoms with Gasteiger partial charge in [-0.2, -0.15) is 0 Å². The van der Waals surface area contributed by atoms with Gasteiger partial charge in [-0.3, -0.25) is 4.79 Å². The molecule has 2 aromatic rings. The Bertz CT molecular complexity index is 489. The number of aromatic amines is 1. The fourth-order valence-electron chi connectivity index (χ4n) is 1.21. The summed E-state index contributed by atoms with van der Waals surface area (Å²) in [5.41, 5.74) is 7.80. The number of nitrogens with two attached hydrogens (primary N) is 1. The van der Waals surface area contributed by atoms with E-state index < -0.39 is 0 Å². The highest BCUT2D eigenvalue weighted by atomic mass is 16.1. The van der Waals surface area contributed by atoms with E-state index in [2.05, 4.69) is 9.97 Å².